The third-order valence-corrected chi connectivity index (χ3v) is 19.0. The summed E-state index contributed by atoms with van der Waals surface area (Å²) in [5.41, 5.74) is 28.5. The number of rotatable bonds is 10. The molecule has 0 amide bonds. The van der Waals surface area contributed by atoms with Crippen molar-refractivity contribution in [3.8, 4) is 22.3 Å². The van der Waals surface area contributed by atoms with E-state index in [0.29, 0.717) is 0 Å². The Morgan fingerprint density at radius 2 is 0.535 bits per heavy atom. The topological polar surface area (TPSA) is 6.48 Å². The average molecular weight is 1100 g/mol. The lowest BCUT2D eigenvalue weighted by atomic mass is 9.67. The SMILES string of the molecule is Cc1cccc(C2(c3cccc(N(c4ccccc4)c4ccc5ccc6c(N(c7ccccc7)c7cccc(C8(c9cccc(C)c9)c9cc(C)ccc9-c9ccc(C)cc98)c7)ccc7ccc4c5c76)c3)c3cc(C)ccc3-c3ccc(C)cc32)c1. The maximum Gasteiger partial charge on any atom is 0.0714 e. The Balaban J connectivity index is 0.905. The molecule has 16 rings (SSSR count). The predicted octanol–water partition coefficient (Wildman–Crippen LogP) is 22.1. The highest BCUT2D eigenvalue weighted by Gasteiger charge is 2.48. The van der Waals surface area contributed by atoms with Crippen LogP contribution in [0.1, 0.15) is 77.9 Å². The van der Waals surface area contributed by atoms with Gasteiger partial charge in [0.2, 0.25) is 0 Å². The van der Waals surface area contributed by atoms with Crippen LogP contribution in [-0.4, -0.2) is 0 Å². The Bertz CT molecular complexity index is 4610. The summed E-state index contributed by atoms with van der Waals surface area (Å²) in [6.07, 6.45) is 0. The van der Waals surface area contributed by atoms with Crippen LogP contribution in [0.3, 0.4) is 0 Å². The van der Waals surface area contributed by atoms with Crippen molar-refractivity contribution in [2.75, 3.05) is 9.80 Å². The number of aryl methyl sites for hydroxylation is 6. The van der Waals surface area contributed by atoms with E-state index in [1.165, 1.54) is 132 Å². The summed E-state index contributed by atoms with van der Waals surface area (Å²) in [4.78, 5) is 5.00. The highest BCUT2D eigenvalue weighted by atomic mass is 15.2. The fourth-order valence-electron chi connectivity index (χ4n) is 15.4. The van der Waals surface area contributed by atoms with Crippen LogP contribution in [0.4, 0.5) is 34.1 Å². The summed E-state index contributed by atoms with van der Waals surface area (Å²) in [5.74, 6) is 0. The molecule has 2 heteroatoms. The van der Waals surface area contributed by atoms with Crippen LogP contribution in [0.2, 0.25) is 0 Å². The van der Waals surface area contributed by atoms with E-state index in [2.05, 4.69) is 330 Å². The van der Waals surface area contributed by atoms with Gasteiger partial charge in [-0.05, 0) is 191 Å². The largest absolute Gasteiger partial charge is 0.310 e. The van der Waals surface area contributed by atoms with Crippen LogP contribution in [-0.2, 0) is 10.8 Å². The minimum Gasteiger partial charge on any atom is -0.310 e. The second-order valence-electron chi connectivity index (χ2n) is 24.5. The maximum absolute atomic E-state index is 2.50. The van der Waals surface area contributed by atoms with E-state index < -0.39 is 10.8 Å². The van der Waals surface area contributed by atoms with Crippen molar-refractivity contribution in [1.82, 2.24) is 0 Å². The summed E-state index contributed by atoms with van der Waals surface area (Å²) in [7, 11) is 0. The average Bonchev–Trinajstić information content (AvgIpc) is 1.49. The van der Waals surface area contributed by atoms with E-state index >= 15 is 0 Å². The van der Waals surface area contributed by atoms with Gasteiger partial charge in [-0.1, -0.05) is 252 Å². The molecule has 0 fully saturated rings. The second-order valence-corrected chi connectivity index (χ2v) is 24.5. The fraction of sp³-hybridized carbons (Fsp3) is 0.0952. The first-order valence-electron chi connectivity index (χ1n) is 30.3. The fourth-order valence-corrected chi connectivity index (χ4v) is 15.4. The third kappa shape index (κ3) is 7.65. The molecule has 0 aliphatic heterocycles. The smallest absolute Gasteiger partial charge is 0.0714 e. The van der Waals surface area contributed by atoms with E-state index in [9.17, 15) is 0 Å². The highest BCUT2D eigenvalue weighted by Crippen LogP contribution is 2.60. The van der Waals surface area contributed by atoms with Crippen molar-refractivity contribution in [3.05, 3.63) is 357 Å². The number of para-hydroxylation sites is 2. The van der Waals surface area contributed by atoms with Crippen LogP contribution in [0, 0.1) is 41.5 Å². The van der Waals surface area contributed by atoms with Crippen molar-refractivity contribution in [2.24, 2.45) is 0 Å². The summed E-state index contributed by atoms with van der Waals surface area (Å²) < 4.78 is 0. The van der Waals surface area contributed by atoms with E-state index in [-0.39, 0.29) is 0 Å². The Kier molecular flexibility index (Phi) is 11.7. The van der Waals surface area contributed by atoms with Crippen LogP contribution < -0.4 is 9.80 Å². The van der Waals surface area contributed by atoms with Crippen LogP contribution in [0.15, 0.2) is 279 Å². The first-order chi connectivity index (χ1) is 42.1. The van der Waals surface area contributed by atoms with Crippen molar-refractivity contribution < 1.29 is 0 Å². The number of fused-ring (bicyclic) bond motifs is 6. The minimum atomic E-state index is -0.568. The summed E-state index contributed by atoms with van der Waals surface area (Å²) in [6, 6.07) is 106. The standard InChI is InChI=1S/C84H64N2/c1-53-17-13-19-61(45-53)83(75-47-55(3)29-37-69(75)70-38-30-56(4)48-76(70)83)63-21-15-27-67(51-63)85(65-23-9-7-10-24-65)79-43-35-59-34-42-74-80(44-36-60-33-41-73(79)81(59)82(60)74)86(66-25-11-8-12-26-66)68-28-16-22-64(52-68)84(62-20-14-18-54(2)46-62)77-49-57(5)31-39-71(77)72-40-32-58(6)50-78(72)84/h7-52H,1-6H3. The minimum absolute atomic E-state index is 0.568. The molecule has 2 aliphatic carbocycles. The van der Waals surface area contributed by atoms with E-state index in [1.54, 1.807) is 0 Å². The Morgan fingerprint density at radius 3 is 0.884 bits per heavy atom. The molecular formula is C84H64N2. The van der Waals surface area contributed by atoms with E-state index in [0.717, 1.165) is 34.1 Å². The van der Waals surface area contributed by atoms with Gasteiger partial charge in [-0.25, -0.2) is 0 Å². The van der Waals surface area contributed by atoms with Crippen LogP contribution >= 0.6 is 0 Å². The zero-order chi connectivity index (χ0) is 58.0. The first kappa shape index (κ1) is 51.4. The van der Waals surface area contributed by atoms with Gasteiger partial charge >= 0.3 is 0 Å². The molecule has 0 unspecified atom stereocenters. The summed E-state index contributed by atoms with van der Waals surface area (Å²) in [6.45, 7) is 13.4. The quantitative estimate of drug-likeness (QED) is 0.126. The molecule has 86 heavy (non-hydrogen) atoms. The van der Waals surface area contributed by atoms with Gasteiger partial charge in [0.05, 0.1) is 22.2 Å². The molecule has 0 radical (unpaired) electrons. The third-order valence-electron chi connectivity index (χ3n) is 19.0. The number of nitrogens with zero attached hydrogens (tertiary/aromatic N) is 2. The number of hydrogen-bond donors (Lipinski definition) is 0. The lowest BCUT2D eigenvalue weighted by molar-refractivity contribution is 0.765. The van der Waals surface area contributed by atoms with Gasteiger partial charge in [-0.15, -0.1) is 0 Å². The lowest BCUT2D eigenvalue weighted by Crippen LogP contribution is -2.29. The van der Waals surface area contributed by atoms with Gasteiger partial charge in [-0.2, -0.15) is 0 Å². The molecule has 410 valence electrons. The second kappa shape index (κ2) is 19.7. The molecule has 14 aromatic carbocycles. The molecule has 0 atom stereocenters. The van der Waals surface area contributed by atoms with E-state index in [4.69, 9.17) is 0 Å². The van der Waals surface area contributed by atoms with Gasteiger partial charge < -0.3 is 9.80 Å². The van der Waals surface area contributed by atoms with Gasteiger partial charge in [0.15, 0.2) is 0 Å². The molecule has 0 aromatic heterocycles. The molecule has 0 saturated heterocycles. The normalized spacial score (nSPS) is 13.4. The summed E-state index contributed by atoms with van der Waals surface area (Å²) in [5, 5.41) is 7.31. The number of hydrogen-bond acceptors (Lipinski definition) is 2. The van der Waals surface area contributed by atoms with Crippen molar-refractivity contribution >= 4 is 66.4 Å². The molecular weight excluding hydrogens is 1040 g/mol. The predicted molar refractivity (Wildman–Crippen MR) is 363 cm³/mol. The first-order valence-corrected chi connectivity index (χ1v) is 30.3. The zero-order valence-electron chi connectivity index (χ0n) is 49.5. The summed E-state index contributed by atoms with van der Waals surface area (Å²) >= 11 is 0. The monoisotopic (exact) mass is 1100 g/mol. The maximum atomic E-state index is 2.50. The molecule has 2 aliphatic rings. The molecule has 14 aromatic rings. The lowest BCUT2D eigenvalue weighted by Gasteiger charge is -2.36. The Labute approximate surface area is 504 Å². The molecule has 0 N–H and O–H groups in total. The molecule has 0 spiro atoms. The molecule has 0 heterocycles. The van der Waals surface area contributed by atoms with Crippen LogP contribution in [0.25, 0.3) is 54.6 Å². The van der Waals surface area contributed by atoms with Gasteiger partial charge in [-0.3, -0.25) is 0 Å². The molecule has 0 saturated carbocycles. The van der Waals surface area contributed by atoms with Gasteiger partial charge in [0.1, 0.15) is 0 Å². The Morgan fingerprint density at radius 1 is 0.233 bits per heavy atom. The zero-order valence-corrected chi connectivity index (χ0v) is 49.5. The number of benzene rings is 14. The van der Waals surface area contributed by atoms with E-state index in [1.807, 2.05) is 0 Å². The number of anilines is 6. The van der Waals surface area contributed by atoms with Gasteiger partial charge in [0, 0.05) is 33.5 Å². The van der Waals surface area contributed by atoms with Crippen molar-refractivity contribution in [2.45, 2.75) is 52.4 Å². The molecule has 0 bridgehead atoms. The van der Waals surface area contributed by atoms with Crippen LogP contribution in [0.5, 0.6) is 0 Å². The van der Waals surface area contributed by atoms with Crippen molar-refractivity contribution in [1.29, 1.82) is 0 Å². The highest BCUT2D eigenvalue weighted by molar-refractivity contribution is 6.28. The Hall–Kier alpha value is -10.3. The molecule has 2 nitrogen and oxygen atoms in total. The van der Waals surface area contributed by atoms with Crippen molar-refractivity contribution in [3.63, 3.8) is 0 Å². The van der Waals surface area contributed by atoms with Gasteiger partial charge in [0.25, 0.3) is 0 Å².